The Bertz CT molecular complexity index is 458. The van der Waals surface area contributed by atoms with Crippen molar-refractivity contribution in [3.63, 3.8) is 0 Å². The zero-order valence-corrected chi connectivity index (χ0v) is 12.9. The summed E-state index contributed by atoms with van der Waals surface area (Å²) >= 11 is 0. The van der Waals surface area contributed by atoms with Crippen LogP contribution in [0.15, 0.2) is 18.2 Å². The highest BCUT2D eigenvalue weighted by atomic mass is 16.5. The first-order chi connectivity index (χ1) is 10.3. The summed E-state index contributed by atoms with van der Waals surface area (Å²) in [6.45, 7) is 5.96. The van der Waals surface area contributed by atoms with Crippen LogP contribution in [0.2, 0.25) is 0 Å². The van der Waals surface area contributed by atoms with Crippen LogP contribution >= 0.6 is 0 Å². The van der Waals surface area contributed by atoms with Crippen LogP contribution in [0.4, 0.5) is 0 Å². The molecule has 0 radical (unpaired) electrons. The van der Waals surface area contributed by atoms with Crippen molar-refractivity contribution in [2.45, 2.75) is 25.8 Å². The molecule has 0 amide bonds. The molecule has 4 nitrogen and oxygen atoms in total. The Morgan fingerprint density at radius 1 is 1.19 bits per heavy atom. The summed E-state index contributed by atoms with van der Waals surface area (Å²) in [5.74, 6) is 2.57. The highest BCUT2D eigenvalue weighted by Gasteiger charge is 2.16. The van der Waals surface area contributed by atoms with Gasteiger partial charge in [0.05, 0.1) is 13.2 Å². The van der Waals surface area contributed by atoms with Gasteiger partial charge in [0.1, 0.15) is 0 Å². The predicted octanol–water partition coefficient (Wildman–Crippen LogP) is 2.28. The summed E-state index contributed by atoms with van der Waals surface area (Å²) in [7, 11) is 2.21. The smallest absolute Gasteiger partial charge is 0.161 e. The lowest BCUT2D eigenvalue weighted by molar-refractivity contribution is 0.237. The number of ether oxygens (including phenoxy) is 2. The quantitative estimate of drug-likeness (QED) is 0.922. The summed E-state index contributed by atoms with van der Waals surface area (Å²) in [6.07, 6.45) is 3.61. The molecule has 2 heterocycles. The monoisotopic (exact) mass is 290 g/mol. The van der Waals surface area contributed by atoms with Gasteiger partial charge >= 0.3 is 0 Å². The SMILES string of the molecule is CN(Cc1ccc2c(c1)OCCCO2)CC1CCCNC1. The molecule has 3 rings (SSSR count). The largest absolute Gasteiger partial charge is 0.490 e. The van der Waals surface area contributed by atoms with Crippen molar-refractivity contribution >= 4 is 0 Å². The molecule has 0 aromatic heterocycles. The third kappa shape index (κ3) is 4.11. The van der Waals surface area contributed by atoms with E-state index in [0.29, 0.717) is 0 Å². The maximum absolute atomic E-state index is 5.77. The minimum absolute atomic E-state index is 0.750. The molecule has 21 heavy (non-hydrogen) atoms. The van der Waals surface area contributed by atoms with Crippen molar-refractivity contribution in [3.05, 3.63) is 23.8 Å². The maximum atomic E-state index is 5.77. The minimum atomic E-state index is 0.750. The van der Waals surface area contributed by atoms with E-state index in [1.165, 1.54) is 24.9 Å². The number of nitrogens with zero attached hydrogens (tertiary/aromatic N) is 1. The van der Waals surface area contributed by atoms with Gasteiger partial charge in [-0.15, -0.1) is 0 Å². The van der Waals surface area contributed by atoms with E-state index in [0.717, 1.165) is 56.7 Å². The molecule has 1 saturated heterocycles. The number of nitrogens with one attached hydrogen (secondary N) is 1. The van der Waals surface area contributed by atoms with Crippen LogP contribution in [-0.4, -0.2) is 44.8 Å². The molecule has 1 fully saturated rings. The minimum Gasteiger partial charge on any atom is -0.490 e. The van der Waals surface area contributed by atoms with E-state index in [1.807, 2.05) is 6.07 Å². The average Bonchev–Trinajstić information content (AvgIpc) is 2.73. The van der Waals surface area contributed by atoms with Crippen LogP contribution in [0.5, 0.6) is 11.5 Å². The number of hydrogen-bond acceptors (Lipinski definition) is 4. The fourth-order valence-corrected chi connectivity index (χ4v) is 3.20. The molecule has 1 aromatic rings. The van der Waals surface area contributed by atoms with Gasteiger partial charge in [0, 0.05) is 19.5 Å². The van der Waals surface area contributed by atoms with Crippen molar-refractivity contribution in [1.29, 1.82) is 0 Å². The van der Waals surface area contributed by atoms with Crippen molar-refractivity contribution in [2.75, 3.05) is 39.9 Å². The molecular formula is C17H26N2O2. The van der Waals surface area contributed by atoms with Gasteiger partial charge in [0.2, 0.25) is 0 Å². The molecule has 1 N–H and O–H groups in total. The van der Waals surface area contributed by atoms with Gasteiger partial charge in [0.25, 0.3) is 0 Å². The standard InChI is InChI=1S/C17H26N2O2/c1-19(13-15-4-2-7-18-11-15)12-14-5-6-16-17(10-14)21-9-3-8-20-16/h5-6,10,15,18H,2-4,7-9,11-13H2,1H3. The average molecular weight is 290 g/mol. The normalized spacial score (nSPS) is 22.1. The van der Waals surface area contributed by atoms with Crippen LogP contribution in [0.3, 0.4) is 0 Å². The Balaban J connectivity index is 1.57. The summed E-state index contributed by atoms with van der Waals surface area (Å²) in [6, 6.07) is 6.34. The second-order valence-corrected chi connectivity index (χ2v) is 6.24. The molecule has 2 aliphatic heterocycles. The highest BCUT2D eigenvalue weighted by molar-refractivity contribution is 5.43. The summed E-state index contributed by atoms with van der Waals surface area (Å²) in [5.41, 5.74) is 1.30. The first-order valence-corrected chi connectivity index (χ1v) is 8.09. The Morgan fingerprint density at radius 3 is 2.86 bits per heavy atom. The lowest BCUT2D eigenvalue weighted by Crippen LogP contribution is -2.36. The second kappa shape index (κ2) is 7.14. The van der Waals surface area contributed by atoms with Gasteiger partial charge in [-0.2, -0.15) is 0 Å². The van der Waals surface area contributed by atoms with E-state index in [2.05, 4.69) is 29.4 Å². The van der Waals surface area contributed by atoms with E-state index >= 15 is 0 Å². The molecule has 2 aliphatic rings. The fourth-order valence-electron chi connectivity index (χ4n) is 3.20. The molecular weight excluding hydrogens is 264 g/mol. The van der Waals surface area contributed by atoms with Gasteiger partial charge in [-0.3, -0.25) is 0 Å². The van der Waals surface area contributed by atoms with Crippen LogP contribution in [-0.2, 0) is 6.54 Å². The maximum Gasteiger partial charge on any atom is 0.161 e. The number of benzene rings is 1. The van der Waals surface area contributed by atoms with Gasteiger partial charge in [-0.1, -0.05) is 6.07 Å². The molecule has 0 aliphatic carbocycles. The molecule has 1 unspecified atom stereocenters. The van der Waals surface area contributed by atoms with E-state index in [9.17, 15) is 0 Å². The molecule has 1 atom stereocenters. The second-order valence-electron chi connectivity index (χ2n) is 6.24. The van der Waals surface area contributed by atoms with Gasteiger partial charge in [-0.25, -0.2) is 0 Å². The van der Waals surface area contributed by atoms with E-state index in [4.69, 9.17) is 9.47 Å². The number of piperidine rings is 1. The molecule has 116 valence electrons. The van der Waals surface area contributed by atoms with E-state index in [-0.39, 0.29) is 0 Å². The number of hydrogen-bond donors (Lipinski definition) is 1. The Labute approximate surface area is 127 Å². The van der Waals surface area contributed by atoms with Crippen molar-refractivity contribution in [1.82, 2.24) is 10.2 Å². The topological polar surface area (TPSA) is 33.7 Å². The number of fused-ring (bicyclic) bond motifs is 1. The molecule has 0 saturated carbocycles. The first kappa shape index (κ1) is 14.7. The Hall–Kier alpha value is -1.26. The summed E-state index contributed by atoms with van der Waals surface area (Å²) < 4.78 is 11.5. The zero-order chi connectivity index (χ0) is 14.5. The molecule has 0 spiro atoms. The van der Waals surface area contributed by atoms with Gasteiger partial charge in [-0.05, 0) is 56.6 Å². The van der Waals surface area contributed by atoms with Crippen molar-refractivity contribution in [2.24, 2.45) is 5.92 Å². The third-order valence-corrected chi connectivity index (χ3v) is 4.23. The van der Waals surface area contributed by atoms with Gasteiger partial charge < -0.3 is 19.7 Å². The first-order valence-electron chi connectivity index (χ1n) is 8.09. The third-order valence-electron chi connectivity index (χ3n) is 4.23. The lowest BCUT2D eigenvalue weighted by atomic mass is 9.99. The molecule has 0 bridgehead atoms. The van der Waals surface area contributed by atoms with Crippen molar-refractivity contribution < 1.29 is 9.47 Å². The highest BCUT2D eigenvalue weighted by Crippen LogP contribution is 2.30. The van der Waals surface area contributed by atoms with Crippen LogP contribution in [0, 0.1) is 5.92 Å². The summed E-state index contributed by atoms with van der Waals surface area (Å²) in [4.78, 5) is 2.41. The van der Waals surface area contributed by atoms with Crippen LogP contribution in [0.1, 0.15) is 24.8 Å². The Morgan fingerprint density at radius 2 is 2.05 bits per heavy atom. The predicted molar refractivity (Wildman–Crippen MR) is 84.0 cm³/mol. The Kier molecular flexibility index (Phi) is 4.99. The number of rotatable bonds is 4. The van der Waals surface area contributed by atoms with Gasteiger partial charge in [0.15, 0.2) is 11.5 Å². The fraction of sp³-hybridized carbons (Fsp3) is 0.647. The summed E-state index contributed by atoms with van der Waals surface area (Å²) in [5, 5.41) is 3.49. The molecule has 1 aromatic carbocycles. The molecule has 4 heteroatoms. The van der Waals surface area contributed by atoms with E-state index in [1.54, 1.807) is 0 Å². The van der Waals surface area contributed by atoms with Crippen LogP contribution in [0.25, 0.3) is 0 Å². The van der Waals surface area contributed by atoms with Crippen molar-refractivity contribution in [3.8, 4) is 11.5 Å². The zero-order valence-electron chi connectivity index (χ0n) is 12.9. The van der Waals surface area contributed by atoms with E-state index < -0.39 is 0 Å². The van der Waals surface area contributed by atoms with Crippen LogP contribution < -0.4 is 14.8 Å². The lowest BCUT2D eigenvalue weighted by Gasteiger charge is -2.27.